The van der Waals surface area contributed by atoms with E-state index in [0.29, 0.717) is 12.2 Å². The molecule has 0 spiro atoms. The van der Waals surface area contributed by atoms with Crippen LogP contribution in [-0.2, 0) is 0 Å². The van der Waals surface area contributed by atoms with E-state index in [2.05, 4.69) is 15.3 Å². The van der Waals surface area contributed by atoms with Crippen molar-refractivity contribution in [3.63, 3.8) is 0 Å². The Balaban J connectivity index is 1.90. The molecule has 1 heterocycles. The molecule has 3 rings (SSSR count). The molecule has 1 aromatic carbocycles. The van der Waals surface area contributed by atoms with Crippen molar-refractivity contribution >= 4 is 11.8 Å². The fraction of sp³-hybridized carbons (Fsp3) is 0.375. The van der Waals surface area contributed by atoms with Crippen molar-refractivity contribution in [2.45, 2.75) is 24.7 Å². The molecule has 122 valence electrons. The molecule has 0 saturated heterocycles. The summed E-state index contributed by atoms with van der Waals surface area (Å²) in [5.74, 6) is 0.263. The molecule has 2 aromatic rings. The Hall–Kier alpha value is -2.22. The predicted octanol–water partition coefficient (Wildman–Crippen LogP) is 0.240. The van der Waals surface area contributed by atoms with Crippen molar-refractivity contribution < 1.29 is 15.3 Å². The van der Waals surface area contributed by atoms with E-state index in [1.54, 1.807) is 6.20 Å². The first-order valence-electron chi connectivity index (χ1n) is 7.51. The van der Waals surface area contributed by atoms with Gasteiger partial charge in [0.15, 0.2) is 0 Å². The summed E-state index contributed by atoms with van der Waals surface area (Å²) >= 11 is 0. The predicted molar refractivity (Wildman–Crippen MR) is 86.5 cm³/mol. The quantitative estimate of drug-likeness (QED) is 0.547. The van der Waals surface area contributed by atoms with Gasteiger partial charge in [-0.2, -0.15) is 4.98 Å². The highest BCUT2D eigenvalue weighted by Crippen LogP contribution is 2.32. The number of nitrogens with one attached hydrogen (secondary N) is 1. The van der Waals surface area contributed by atoms with Gasteiger partial charge in [-0.05, 0) is 12.0 Å². The monoisotopic (exact) mass is 316 g/mol. The number of aromatic nitrogens is 2. The summed E-state index contributed by atoms with van der Waals surface area (Å²) in [6.45, 7) is -0.173. The second-order valence-corrected chi connectivity index (χ2v) is 5.77. The lowest BCUT2D eigenvalue weighted by atomic mass is 10.1. The smallest absolute Gasteiger partial charge is 0.221 e. The SMILES string of the molecule is Nc1ncc(-c2ccccc2)c(N[C@@H]2C[C@H](CO)[C@@H](O)[C@H]2O)n1. The van der Waals surface area contributed by atoms with Crippen LogP contribution in [0.2, 0.25) is 0 Å². The van der Waals surface area contributed by atoms with Gasteiger partial charge in [0.2, 0.25) is 5.95 Å². The van der Waals surface area contributed by atoms with Crippen LogP contribution in [0.3, 0.4) is 0 Å². The minimum Gasteiger partial charge on any atom is -0.396 e. The third kappa shape index (κ3) is 3.12. The minimum absolute atomic E-state index is 0.124. The van der Waals surface area contributed by atoms with Gasteiger partial charge in [-0.15, -0.1) is 0 Å². The second kappa shape index (κ2) is 6.49. The average molecular weight is 316 g/mol. The van der Waals surface area contributed by atoms with Crippen LogP contribution in [0.1, 0.15) is 6.42 Å². The van der Waals surface area contributed by atoms with Gasteiger partial charge < -0.3 is 26.4 Å². The Kier molecular flexibility index (Phi) is 4.42. The van der Waals surface area contributed by atoms with Crippen molar-refractivity contribution in [1.82, 2.24) is 9.97 Å². The third-order valence-electron chi connectivity index (χ3n) is 4.25. The van der Waals surface area contributed by atoms with Gasteiger partial charge in [-0.3, -0.25) is 0 Å². The molecule has 1 saturated carbocycles. The first-order valence-corrected chi connectivity index (χ1v) is 7.51. The minimum atomic E-state index is -0.980. The second-order valence-electron chi connectivity index (χ2n) is 5.77. The average Bonchev–Trinajstić information content (AvgIpc) is 2.84. The van der Waals surface area contributed by atoms with Gasteiger partial charge in [0.05, 0.1) is 12.1 Å². The molecule has 1 aliphatic carbocycles. The summed E-state index contributed by atoms with van der Waals surface area (Å²) in [4.78, 5) is 8.25. The number of nitrogens with two attached hydrogens (primary N) is 1. The largest absolute Gasteiger partial charge is 0.396 e. The normalized spacial score (nSPS) is 27.1. The molecule has 1 aliphatic rings. The molecule has 1 aromatic heterocycles. The van der Waals surface area contributed by atoms with E-state index in [9.17, 15) is 15.3 Å². The first-order chi connectivity index (χ1) is 11.1. The van der Waals surface area contributed by atoms with Crippen LogP contribution in [0.5, 0.6) is 0 Å². The lowest BCUT2D eigenvalue weighted by Gasteiger charge is -2.20. The lowest BCUT2D eigenvalue weighted by molar-refractivity contribution is 0.00446. The highest BCUT2D eigenvalue weighted by Gasteiger charge is 2.41. The maximum atomic E-state index is 10.2. The molecule has 0 unspecified atom stereocenters. The van der Waals surface area contributed by atoms with E-state index in [-0.39, 0.29) is 18.5 Å². The standard InChI is InChI=1S/C16H20N4O3/c17-16-18-7-11(9-4-2-1-3-5-9)15(20-16)19-12-6-10(8-21)13(22)14(12)23/h1-5,7,10,12-14,21-23H,6,8H2,(H3,17,18,19,20)/t10-,12-,13-,14+/m1/s1. The zero-order valence-corrected chi connectivity index (χ0v) is 12.5. The number of aliphatic hydroxyl groups excluding tert-OH is 3. The highest BCUT2D eigenvalue weighted by atomic mass is 16.3. The molecular formula is C16H20N4O3. The van der Waals surface area contributed by atoms with E-state index < -0.39 is 18.2 Å². The number of rotatable bonds is 4. The molecular weight excluding hydrogens is 296 g/mol. The van der Waals surface area contributed by atoms with Crippen molar-refractivity contribution in [2.75, 3.05) is 17.7 Å². The van der Waals surface area contributed by atoms with Crippen molar-refractivity contribution in [2.24, 2.45) is 5.92 Å². The zero-order valence-electron chi connectivity index (χ0n) is 12.5. The zero-order chi connectivity index (χ0) is 16.4. The molecule has 0 amide bonds. The molecule has 7 nitrogen and oxygen atoms in total. The van der Waals surface area contributed by atoms with Crippen LogP contribution in [0.4, 0.5) is 11.8 Å². The van der Waals surface area contributed by atoms with Gasteiger partial charge in [-0.25, -0.2) is 4.98 Å². The fourth-order valence-corrected chi connectivity index (χ4v) is 2.96. The summed E-state index contributed by atoms with van der Waals surface area (Å²) in [6.07, 6.45) is 0.127. The molecule has 1 fully saturated rings. The number of nitrogens with zero attached hydrogens (tertiary/aromatic N) is 2. The number of hydrogen-bond acceptors (Lipinski definition) is 7. The fourth-order valence-electron chi connectivity index (χ4n) is 2.96. The van der Waals surface area contributed by atoms with Crippen LogP contribution in [0.15, 0.2) is 36.5 Å². The number of hydrogen-bond donors (Lipinski definition) is 5. The Bertz CT molecular complexity index is 668. The first kappa shape index (κ1) is 15.7. The van der Waals surface area contributed by atoms with Crippen LogP contribution < -0.4 is 11.1 Å². The van der Waals surface area contributed by atoms with Crippen LogP contribution in [0, 0.1) is 5.92 Å². The molecule has 7 heteroatoms. The number of aliphatic hydroxyl groups is 3. The topological polar surface area (TPSA) is 125 Å². The lowest BCUT2D eigenvalue weighted by Crippen LogP contribution is -2.35. The summed E-state index contributed by atoms with van der Waals surface area (Å²) in [5.41, 5.74) is 7.36. The third-order valence-corrected chi connectivity index (χ3v) is 4.25. The van der Waals surface area contributed by atoms with Gasteiger partial charge in [-0.1, -0.05) is 30.3 Å². The summed E-state index contributed by atoms with van der Waals surface area (Å²) < 4.78 is 0. The Morgan fingerprint density at radius 1 is 1.17 bits per heavy atom. The maximum absolute atomic E-state index is 10.2. The molecule has 0 bridgehead atoms. The van der Waals surface area contributed by atoms with E-state index >= 15 is 0 Å². The number of benzene rings is 1. The maximum Gasteiger partial charge on any atom is 0.221 e. The number of nitrogen functional groups attached to an aromatic ring is 1. The van der Waals surface area contributed by atoms with Gasteiger partial charge in [0.25, 0.3) is 0 Å². The molecule has 6 N–H and O–H groups in total. The molecule has 0 radical (unpaired) electrons. The Labute approximate surface area is 133 Å². The van der Waals surface area contributed by atoms with E-state index in [1.807, 2.05) is 30.3 Å². The van der Waals surface area contributed by atoms with Crippen LogP contribution in [-0.4, -0.2) is 50.1 Å². The Morgan fingerprint density at radius 3 is 2.57 bits per heavy atom. The Morgan fingerprint density at radius 2 is 1.91 bits per heavy atom. The van der Waals surface area contributed by atoms with Crippen molar-refractivity contribution in [3.05, 3.63) is 36.5 Å². The van der Waals surface area contributed by atoms with Crippen molar-refractivity contribution in [3.8, 4) is 11.1 Å². The van der Waals surface area contributed by atoms with E-state index in [1.165, 1.54) is 0 Å². The van der Waals surface area contributed by atoms with Gasteiger partial charge >= 0.3 is 0 Å². The highest BCUT2D eigenvalue weighted by molar-refractivity contribution is 5.75. The molecule has 23 heavy (non-hydrogen) atoms. The van der Waals surface area contributed by atoms with Gasteiger partial charge in [0, 0.05) is 24.3 Å². The van der Waals surface area contributed by atoms with Crippen LogP contribution >= 0.6 is 0 Å². The van der Waals surface area contributed by atoms with Crippen molar-refractivity contribution in [1.29, 1.82) is 0 Å². The van der Waals surface area contributed by atoms with Crippen LogP contribution in [0.25, 0.3) is 11.1 Å². The van der Waals surface area contributed by atoms with Gasteiger partial charge in [0.1, 0.15) is 11.9 Å². The summed E-state index contributed by atoms with van der Waals surface area (Å²) in [7, 11) is 0. The van der Waals surface area contributed by atoms with E-state index in [4.69, 9.17) is 5.73 Å². The van der Waals surface area contributed by atoms with E-state index in [0.717, 1.165) is 11.1 Å². The summed E-state index contributed by atoms with van der Waals surface area (Å²) in [5, 5.41) is 32.5. The molecule has 0 aliphatic heterocycles. The molecule has 4 atom stereocenters. The summed E-state index contributed by atoms with van der Waals surface area (Å²) in [6, 6.07) is 9.17. The number of anilines is 2.